The molecule has 0 fully saturated rings. The minimum atomic E-state index is -1.89. The molecule has 0 radical (unpaired) electrons. The number of alkyl carbamates (subject to hydrolysis) is 1. The van der Waals surface area contributed by atoms with Gasteiger partial charge in [0.1, 0.15) is 26.8 Å². The number of ether oxygens (including phenoxy) is 2. The Morgan fingerprint density at radius 1 is 0.892 bits per heavy atom. The van der Waals surface area contributed by atoms with Crippen LogP contribution in [0, 0.1) is 11.5 Å². The number of amides is 2. The number of esters is 1. The zero-order chi connectivity index (χ0) is 27.5. The molecule has 2 aromatic rings. The Kier molecular flexibility index (Phi) is 10.9. The van der Waals surface area contributed by atoms with Crippen LogP contribution in [0.2, 0.25) is 18.1 Å². The number of methoxy groups -OCH3 is 1. The van der Waals surface area contributed by atoms with Crippen LogP contribution in [-0.2, 0) is 32.1 Å². The molecule has 0 unspecified atom stereocenters. The van der Waals surface area contributed by atoms with Crippen molar-refractivity contribution in [3.8, 4) is 11.5 Å². The molecule has 2 rings (SSSR count). The van der Waals surface area contributed by atoms with E-state index in [4.69, 9.17) is 9.47 Å². The molecule has 37 heavy (non-hydrogen) atoms. The number of hydrogen-bond acceptors (Lipinski definition) is 5. The summed E-state index contributed by atoms with van der Waals surface area (Å²) in [5.74, 6) is 1.99. The van der Waals surface area contributed by atoms with Gasteiger partial charge in [-0.15, -0.1) is 11.5 Å². The van der Waals surface area contributed by atoms with Gasteiger partial charge in [-0.2, -0.15) is 0 Å². The smallest absolute Gasteiger partial charge is 0.408 e. The summed E-state index contributed by atoms with van der Waals surface area (Å²) >= 11 is 0. The van der Waals surface area contributed by atoms with E-state index in [9.17, 15) is 14.4 Å². The second kappa shape index (κ2) is 13.7. The summed E-state index contributed by atoms with van der Waals surface area (Å²) < 4.78 is 10.2. The molecule has 0 aromatic heterocycles. The van der Waals surface area contributed by atoms with Gasteiger partial charge in [-0.25, -0.2) is 9.59 Å². The highest BCUT2D eigenvalue weighted by atomic mass is 28.3. The molecule has 0 saturated heterocycles. The highest BCUT2D eigenvalue weighted by Crippen LogP contribution is 2.35. The largest absolute Gasteiger partial charge is 0.467 e. The van der Waals surface area contributed by atoms with Crippen LogP contribution in [0.3, 0.4) is 0 Å². The highest BCUT2D eigenvalue weighted by Gasteiger charge is 2.34. The maximum Gasteiger partial charge on any atom is 0.408 e. The lowest BCUT2D eigenvalue weighted by Crippen LogP contribution is -2.52. The maximum atomic E-state index is 13.3. The third-order valence-electron chi connectivity index (χ3n) is 6.49. The van der Waals surface area contributed by atoms with Crippen molar-refractivity contribution >= 4 is 26.0 Å². The number of hydrogen-bond donors (Lipinski definition) is 2. The molecule has 8 heteroatoms. The molecule has 198 valence electrons. The summed E-state index contributed by atoms with van der Waals surface area (Å²) in [6.45, 7) is 10.9. The summed E-state index contributed by atoms with van der Waals surface area (Å²) in [4.78, 5) is 38.3. The van der Waals surface area contributed by atoms with Crippen LogP contribution in [0.1, 0.15) is 38.3 Å². The van der Waals surface area contributed by atoms with Crippen molar-refractivity contribution in [2.45, 2.75) is 70.4 Å². The molecule has 2 aromatic carbocycles. The van der Waals surface area contributed by atoms with Gasteiger partial charge in [0.25, 0.3) is 0 Å². The fourth-order valence-electron chi connectivity index (χ4n) is 3.14. The maximum absolute atomic E-state index is 13.3. The van der Waals surface area contributed by atoms with Gasteiger partial charge in [-0.1, -0.05) is 94.5 Å². The molecule has 0 saturated carbocycles. The minimum Gasteiger partial charge on any atom is -0.467 e. The normalized spacial score (nSPS) is 12.8. The summed E-state index contributed by atoms with van der Waals surface area (Å²) in [6, 6.07) is 16.6. The molecule has 0 aliphatic heterocycles. The first kappa shape index (κ1) is 29.7. The Hall–Kier alpha value is -3.57. The van der Waals surface area contributed by atoms with E-state index in [1.165, 1.54) is 7.11 Å². The van der Waals surface area contributed by atoms with E-state index in [2.05, 4.69) is 56.0 Å². The van der Waals surface area contributed by atoms with E-state index in [1.54, 1.807) is 0 Å². The van der Waals surface area contributed by atoms with E-state index < -0.39 is 38.1 Å². The number of benzene rings is 2. The first-order valence-electron chi connectivity index (χ1n) is 12.3. The third-order valence-corrected chi connectivity index (χ3v) is 11.0. The number of nitrogens with one attached hydrogen (secondary N) is 2. The van der Waals surface area contributed by atoms with Crippen molar-refractivity contribution in [3.63, 3.8) is 0 Å². The van der Waals surface area contributed by atoms with Gasteiger partial charge in [0.05, 0.1) is 7.11 Å². The molecule has 0 bridgehead atoms. The lowest BCUT2D eigenvalue weighted by molar-refractivity contribution is -0.145. The third kappa shape index (κ3) is 9.77. The van der Waals surface area contributed by atoms with Crippen molar-refractivity contribution < 1.29 is 23.9 Å². The SMILES string of the molecule is COC(=O)[C@H](CC#C[Si](C)(C)C(C)(C)C)NC(=O)[C@H](Cc1ccccc1)NC(=O)OCc1ccccc1. The topological polar surface area (TPSA) is 93.7 Å². The van der Waals surface area contributed by atoms with Gasteiger partial charge in [-0.05, 0) is 16.2 Å². The second-order valence-electron chi connectivity index (χ2n) is 10.4. The van der Waals surface area contributed by atoms with Crippen LogP contribution < -0.4 is 10.6 Å². The fourth-order valence-corrected chi connectivity index (χ4v) is 4.05. The zero-order valence-corrected chi connectivity index (χ0v) is 23.6. The lowest BCUT2D eigenvalue weighted by Gasteiger charge is -2.31. The van der Waals surface area contributed by atoms with Crippen LogP contribution in [0.5, 0.6) is 0 Å². The number of rotatable bonds is 9. The standard InChI is InChI=1S/C29H38N2O5Si/c1-29(2,3)37(5,6)19-13-18-24(27(33)35-4)30-26(32)25(20-22-14-9-7-10-15-22)31-28(34)36-21-23-16-11-8-12-17-23/h7-12,14-17,24-25H,18,20-21H2,1-6H3,(H,30,32)(H,31,34)/t24-,25-/m0/s1. The van der Waals surface area contributed by atoms with Crippen LogP contribution in [0.15, 0.2) is 60.7 Å². The van der Waals surface area contributed by atoms with Crippen molar-refractivity contribution in [3.05, 3.63) is 71.8 Å². The predicted molar refractivity (Wildman–Crippen MR) is 147 cm³/mol. The van der Waals surface area contributed by atoms with Crippen molar-refractivity contribution in [1.82, 2.24) is 10.6 Å². The molecule has 0 aliphatic rings. The summed E-state index contributed by atoms with van der Waals surface area (Å²) in [5, 5.41) is 5.43. The molecule has 2 atom stereocenters. The van der Waals surface area contributed by atoms with E-state index in [0.29, 0.717) is 0 Å². The zero-order valence-electron chi connectivity index (χ0n) is 22.6. The number of carbonyl (C=O) groups is 3. The highest BCUT2D eigenvalue weighted by molar-refractivity contribution is 6.87. The van der Waals surface area contributed by atoms with Crippen LogP contribution in [0.25, 0.3) is 0 Å². The van der Waals surface area contributed by atoms with Crippen LogP contribution in [-0.4, -0.2) is 45.2 Å². The Bertz CT molecular complexity index is 1100. The summed E-state index contributed by atoms with van der Waals surface area (Å²) in [5.41, 5.74) is 5.03. The van der Waals surface area contributed by atoms with Gasteiger partial charge in [0, 0.05) is 12.8 Å². The molecule has 0 aliphatic carbocycles. The van der Waals surface area contributed by atoms with Gasteiger partial charge in [0.15, 0.2) is 0 Å². The lowest BCUT2D eigenvalue weighted by atomic mass is 10.0. The quantitative estimate of drug-likeness (QED) is 0.285. The average Bonchev–Trinajstić information content (AvgIpc) is 2.86. The molecular formula is C29H38N2O5Si. The van der Waals surface area contributed by atoms with Crippen molar-refractivity contribution in [2.75, 3.05) is 7.11 Å². The van der Waals surface area contributed by atoms with Gasteiger partial charge in [-0.3, -0.25) is 4.79 Å². The molecule has 2 amide bonds. The Morgan fingerprint density at radius 3 is 2.00 bits per heavy atom. The summed E-state index contributed by atoms with van der Waals surface area (Å²) in [7, 11) is -0.621. The van der Waals surface area contributed by atoms with Gasteiger partial charge in [0.2, 0.25) is 5.91 Å². The Balaban J connectivity index is 2.15. The van der Waals surface area contributed by atoms with Gasteiger partial charge >= 0.3 is 12.1 Å². The minimum absolute atomic E-state index is 0.0643. The fraction of sp³-hybridized carbons (Fsp3) is 0.414. The second-order valence-corrected chi connectivity index (χ2v) is 15.4. The molecule has 7 nitrogen and oxygen atoms in total. The molecule has 2 N–H and O–H groups in total. The first-order valence-corrected chi connectivity index (χ1v) is 15.3. The monoisotopic (exact) mass is 522 g/mol. The van der Waals surface area contributed by atoms with E-state index >= 15 is 0 Å². The molecular weight excluding hydrogens is 484 g/mol. The Morgan fingerprint density at radius 2 is 1.46 bits per heavy atom. The van der Waals surface area contributed by atoms with E-state index in [1.807, 2.05) is 60.7 Å². The molecule has 0 spiro atoms. The van der Waals surface area contributed by atoms with Crippen molar-refractivity contribution in [2.24, 2.45) is 0 Å². The first-order chi connectivity index (χ1) is 17.4. The molecule has 0 heterocycles. The summed E-state index contributed by atoms with van der Waals surface area (Å²) in [6.07, 6.45) is -0.398. The average molecular weight is 523 g/mol. The Labute approximate surface area is 221 Å². The van der Waals surface area contributed by atoms with E-state index in [-0.39, 0.29) is 24.5 Å². The van der Waals surface area contributed by atoms with Crippen molar-refractivity contribution in [1.29, 1.82) is 0 Å². The van der Waals surface area contributed by atoms with Crippen LogP contribution >= 0.6 is 0 Å². The van der Waals surface area contributed by atoms with Gasteiger partial charge < -0.3 is 20.1 Å². The van der Waals surface area contributed by atoms with E-state index in [0.717, 1.165) is 11.1 Å². The predicted octanol–water partition coefficient (Wildman–Crippen LogP) is 4.62. The van der Waals surface area contributed by atoms with Crippen LogP contribution in [0.4, 0.5) is 4.79 Å². The number of carbonyl (C=O) groups excluding carboxylic acids is 3.